The molecule has 0 heterocycles. The highest BCUT2D eigenvalue weighted by molar-refractivity contribution is 6.15. The minimum Gasteiger partial charge on any atom is -0.0851 e. The van der Waals surface area contributed by atoms with Crippen LogP contribution >= 0.6 is 0 Å². The zero-order chi connectivity index (χ0) is 12.3. The highest BCUT2D eigenvalue weighted by atomic mass is 28.1. The van der Waals surface area contributed by atoms with Gasteiger partial charge in [-0.25, -0.2) is 0 Å². The van der Waals surface area contributed by atoms with E-state index in [2.05, 4.69) is 36.2 Å². The first-order valence-electron chi connectivity index (χ1n) is 7.60. The van der Waals surface area contributed by atoms with Gasteiger partial charge in [0.1, 0.15) is 0 Å². The Balaban J connectivity index is 1.81. The predicted octanol–water partition coefficient (Wildman–Crippen LogP) is 4.91. The molecule has 17 heavy (non-hydrogen) atoms. The third kappa shape index (κ3) is 3.24. The average Bonchev–Trinajstić information content (AvgIpc) is 2.89. The standard InChI is InChI=1S/C16H27Si/c1-3-8-16(17,9-4-2)10-7-15-12-13-5-6-14(15)11-13/h5-6,13-15H,3-4,7-12H2,1-2H3. The smallest absolute Gasteiger partial charge is 0.0313 e. The van der Waals surface area contributed by atoms with Crippen molar-refractivity contribution >= 4 is 10.2 Å². The lowest BCUT2D eigenvalue weighted by Gasteiger charge is -2.31. The lowest BCUT2D eigenvalue weighted by Crippen LogP contribution is -2.16. The maximum Gasteiger partial charge on any atom is 0.0313 e. The Morgan fingerprint density at radius 1 is 1.06 bits per heavy atom. The van der Waals surface area contributed by atoms with Crippen LogP contribution in [0.2, 0.25) is 5.04 Å². The molecular formula is C16H27Si. The van der Waals surface area contributed by atoms with Crippen molar-refractivity contribution in [1.82, 2.24) is 0 Å². The van der Waals surface area contributed by atoms with Crippen molar-refractivity contribution in [3.05, 3.63) is 12.2 Å². The van der Waals surface area contributed by atoms with E-state index in [4.69, 9.17) is 0 Å². The van der Waals surface area contributed by atoms with E-state index < -0.39 is 0 Å². The molecule has 2 rings (SSSR count). The maximum absolute atomic E-state index is 4.10. The first kappa shape index (κ1) is 13.4. The number of hydrogen-bond acceptors (Lipinski definition) is 0. The predicted molar refractivity (Wildman–Crippen MR) is 76.3 cm³/mol. The van der Waals surface area contributed by atoms with E-state index in [9.17, 15) is 0 Å². The van der Waals surface area contributed by atoms with Crippen molar-refractivity contribution in [3.63, 3.8) is 0 Å². The summed E-state index contributed by atoms with van der Waals surface area (Å²) in [4.78, 5) is 0. The molecule has 3 unspecified atom stereocenters. The first-order valence-corrected chi connectivity index (χ1v) is 8.10. The maximum atomic E-state index is 4.10. The van der Waals surface area contributed by atoms with E-state index in [1.165, 1.54) is 51.4 Å². The van der Waals surface area contributed by atoms with Gasteiger partial charge in [-0.3, -0.25) is 0 Å². The summed E-state index contributed by atoms with van der Waals surface area (Å²) in [7, 11) is 4.10. The molecule has 95 valence electrons. The molecule has 0 aliphatic heterocycles. The zero-order valence-corrected chi connectivity index (χ0v) is 12.5. The van der Waals surface area contributed by atoms with Crippen LogP contribution in [0.15, 0.2) is 12.2 Å². The Hall–Kier alpha value is -0.0431. The molecule has 0 saturated heterocycles. The van der Waals surface area contributed by atoms with Crippen LogP contribution in [0.3, 0.4) is 0 Å². The van der Waals surface area contributed by atoms with Crippen molar-refractivity contribution in [1.29, 1.82) is 0 Å². The molecule has 1 fully saturated rings. The Kier molecular flexibility index (Phi) is 4.51. The molecule has 1 saturated carbocycles. The quantitative estimate of drug-likeness (QED) is 0.443. The average molecular weight is 247 g/mol. The summed E-state index contributed by atoms with van der Waals surface area (Å²) < 4.78 is 0. The summed E-state index contributed by atoms with van der Waals surface area (Å²) in [5.74, 6) is 2.86. The van der Waals surface area contributed by atoms with Gasteiger partial charge < -0.3 is 0 Å². The third-order valence-electron chi connectivity index (χ3n) is 4.87. The lowest BCUT2D eigenvalue weighted by molar-refractivity contribution is 0.341. The van der Waals surface area contributed by atoms with Crippen LogP contribution in [0.4, 0.5) is 0 Å². The van der Waals surface area contributed by atoms with Crippen LogP contribution in [-0.2, 0) is 0 Å². The molecule has 0 aromatic heterocycles. The topological polar surface area (TPSA) is 0 Å². The SMILES string of the molecule is CCCC([Si])(CCC)CCC1CC2C=CC1C2. The minimum atomic E-state index is 0.440. The molecular weight excluding hydrogens is 220 g/mol. The van der Waals surface area contributed by atoms with E-state index in [-0.39, 0.29) is 0 Å². The number of rotatable bonds is 7. The van der Waals surface area contributed by atoms with Gasteiger partial charge in [-0.1, -0.05) is 58.1 Å². The molecule has 0 aromatic carbocycles. The molecule has 0 amide bonds. The van der Waals surface area contributed by atoms with Crippen LogP contribution in [0.5, 0.6) is 0 Å². The fourth-order valence-electron chi connectivity index (χ4n) is 4.02. The number of allylic oxidation sites excluding steroid dienone is 2. The molecule has 3 radical (unpaired) electrons. The van der Waals surface area contributed by atoms with Crippen LogP contribution < -0.4 is 0 Å². The fraction of sp³-hybridized carbons (Fsp3) is 0.875. The van der Waals surface area contributed by atoms with Crippen molar-refractivity contribution in [2.24, 2.45) is 17.8 Å². The highest BCUT2D eigenvalue weighted by Gasteiger charge is 2.36. The van der Waals surface area contributed by atoms with Gasteiger partial charge in [-0.15, -0.1) is 0 Å². The van der Waals surface area contributed by atoms with E-state index in [0.29, 0.717) is 5.04 Å². The fourth-order valence-corrected chi connectivity index (χ4v) is 4.66. The summed E-state index contributed by atoms with van der Waals surface area (Å²) in [6.45, 7) is 4.62. The van der Waals surface area contributed by atoms with Crippen molar-refractivity contribution < 1.29 is 0 Å². The monoisotopic (exact) mass is 247 g/mol. The van der Waals surface area contributed by atoms with E-state index in [1.807, 2.05) is 0 Å². The van der Waals surface area contributed by atoms with Gasteiger partial charge in [0.05, 0.1) is 0 Å². The summed E-state index contributed by atoms with van der Waals surface area (Å²) in [6, 6.07) is 0. The molecule has 2 bridgehead atoms. The van der Waals surface area contributed by atoms with Gasteiger partial charge in [0.2, 0.25) is 0 Å². The van der Waals surface area contributed by atoms with Gasteiger partial charge in [0.25, 0.3) is 0 Å². The Morgan fingerprint density at radius 3 is 2.24 bits per heavy atom. The molecule has 2 aliphatic rings. The molecule has 1 heteroatoms. The molecule has 0 N–H and O–H groups in total. The highest BCUT2D eigenvalue weighted by Crippen LogP contribution is 2.48. The second-order valence-corrected chi connectivity index (χ2v) is 7.42. The van der Waals surface area contributed by atoms with E-state index in [1.54, 1.807) is 0 Å². The van der Waals surface area contributed by atoms with Crippen molar-refractivity contribution in [2.75, 3.05) is 0 Å². The van der Waals surface area contributed by atoms with Crippen LogP contribution in [0.25, 0.3) is 0 Å². The van der Waals surface area contributed by atoms with E-state index >= 15 is 0 Å². The van der Waals surface area contributed by atoms with Crippen LogP contribution in [0.1, 0.15) is 65.2 Å². The van der Waals surface area contributed by atoms with Crippen LogP contribution in [-0.4, -0.2) is 10.2 Å². The van der Waals surface area contributed by atoms with Gasteiger partial charge in [-0.2, -0.15) is 0 Å². The van der Waals surface area contributed by atoms with Gasteiger partial charge in [0.15, 0.2) is 0 Å². The normalized spacial score (nSPS) is 31.4. The Labute approximate surface area is 111 Å². The molecule has 3 atom stereocenters. The third-order valence-corrected chi connectivity index (χ3v) is 5.62. The summed E-state index contributed by atoms with van der Waals surface area (Å²) in [6.07, 6.45) is 16.0. The lowest BCUT2D eigenvalue weighted by atomic mass is 9.83. The summed E-state index contributed by atoms with van der Waals surface area (Å²) in [5, 5.41) is 0.440. The van der Waals surface area contributed by atoms with Gasteiger partial charge >= 0.3 is 0 Å². The number of hydrogen-bond donors (Lipinski definition) is 0. The zero-order valence-electron chi connectivity index (χ0n) is 11.5. The molecule has 0 spiro atoms. The van der Waals surface area contributed by atoms with Crippen LogP contribution in [0, 0.1) is 17.8 Å². The first-order chi connectivity index (χ1) is 8.17. The largest absolute Gasteiger partial charge is 0.0851 e. The van der Waals surface area contributed by atoms with Gasteiger partial charge in [-0.05, 0) is 42.1 Å². The Bertz CT molecular complexity index is 263. The van der Waals surface area contributed by atoms with Crippen molar-refractivity contribution in [3.8, 4) is 0 Å². The second-order valence-electron chi connectivity index (χ2n) is 6.36. The molecule has 2 aliphatic carbocycles. The van der Waals surface area contributed by atoms with Gasteiger partial charge in [0, 0.05) is 10.2 Å². The molecule has 0 aromatic rings. The second kappa shape index (κ2) is 5.73. The summed E-state index contributed by atoms with van der Waals surface area (Å²) in [5.41, 5.74) is 0. The Morgan fingerprint density at radius 2 is 1.76 bits per heavy atom. The molecule has 0 nitrogen and oxygen atoms in total. The summed E-state index contributed by atoms with van der Waals surface area (Å²) >= 11 is 0. The van der Waals surface area contributed by atoms with E-state index in [0.717, 1.165) is 17.8 Å². The number of fused-ring (bicyclic) bond motifs is 2. The minimum absolute atomic E-state index is 0.440. The van der Waals surface area contributed by atoms with Crippen molar-refractivity contribution in [2.45, 2.75) is 70.3 Å².